The molecule has 4 nitrogen and oxygen atoms in total. The quantitative estimate of drug-likeness (QED) is 0.729. The molecular weight excluding hydrogens is 344 g/mol. The Morgan fingerprint density at radius 2 is 1.54 bits per heavy atom. The molecule has 0 bridgehead atoms. The maximum absolute atomic E-state index is 12.5. The normalized spacial score (nSPS) is 14.2. The van der Waals surface area contributed by atoms with Crippen LogP contribution in [0.5, 0.6) is 0 Å². The van der Waals surface area contributed by atoms with Crippen LogP contribution in [0.25, 0.3) is 0 Å². The van der Waals surface area contributed by atoms with Crippen molar-refractivity contribution in [2.75, 3.05) is 13.1 Å². The molecule has 2 aromatic rings. The van der Waals surface area contributed by atoms with Gasteiger partial charge in [0.2, 0.25) is 5.91 Å². The van der Waals surface area contributed by atoms with E-state index in [1.54, 1.807) is 11.8 Å². The van der Waals surface area contributed by atoms with E-state index in [2.05, 4.69) is 10.6 Å². The van der Waals surface area contributed by atoms with Crippen LogP contribution in [0.1, 0.15) is 36.0 Å². The molecule has 0 saturated heterocycles. The van der Waals surface area contributed by atoms with Gasteiger partial charge < -0.3 is 10.6 Å². The zero-order chi connectivity index (χ0) is 18.2. The Hall–Kier alpha value is -2.27. The lowest BCUT2D eigenvalue weighted by Gasteiger charge is -2.12. The van der Waals surface area contributed by atoms with Crippen molar-refractivity contribution in [2.24, 2.45) is 5.92 Å². The molecule has 1 saturated carbocycles. The molecule has 26 heavy (non-hydrogen) atoms. The summed E-state index contributed by atoms with van der Waals surface area (Å²) in [6.45, 7) is 0.900. The number of hydrogen-bond donors (Lipinski definition) is 2. The summed E-state index contributed by atoms with van der Waals surface area (Å²) >= 11 is 1.57. The first kappa shape index (κ1) is 18.5. The highest BCUT2D eigenvalue weighted by molar-refractivity contribution is 7.99. The largest absolute Gasteiger partial charge is 0.354 e. The number of carbonyl (C=O) groups excluding carboxylic acids is 2. The standard InChI is InChI=1S/C21H24N2O2S/c24-20(16-8-4-5-9-16)22-14-15-23-21(25)18-12-6-7-13-19(18)26-17-10-2-1-3-11-17/h1-3,6-7,10-13,16H,4-5,8-9,14-15H2,(H,22,24)(H,23,25). The summed E-state index contributed by atoms with van der Waals surface area (Å²) in [5, 5.41) is 5.83. The minimum absolute atomic E-state index is 0.112. The minimum atomic E-state index is -0.112. The molecule has 2 aromatic carbocycles. The fourth-order valence-corrected chi connectivity index (χ4v) is 4.11. The van der Waals surface area contributed by atoms with E-state index in [0.29, 0.717) is 18.7 Å². The Morgan fingerprint density at radius 1 is 0.885 bits per heavy atom. The Morgan fingerprint density at radius 3 is 2.31 bits per heavy atom. The van der Waals surface area contributed by atoms with Gasteiger partial charge in [0.05, 0.1) is 5.56 Å². The highest BCUT2D eigenvalue weighted by Gasteiger charge is 2.22. The summed E-state index contributed by atoms with van der Waals surface area (Å²) in [5.41, 5.74) is 0.656. The molecule has 2 amide bonds. The van der Waals surface area contributed by atoms with E-state index >= 15 is 0 Å². The average molecular weight is 369 g/mol. The fraction of sp³-hybridized carbons (Fsp3) is 0.333. The fourth-order valence-electron chi connectivity index (χ4n) is 3.15. The lowest BCUT2D eigenvalue weighted by atomic mass is 10.1. The molecule has 0 spiro atoms. The van der Waals surface area contributed by atoms with E-state index < -0.39 is 0 Å². The number of rotatable bonds is 7. The van der Waals surface area contributed by atoms with Gasteiger partial charge in [-0.3, -0.25) is 9.59 Å². The van der Waals surface area contributed by atoms with Crippen LogP contribution >= 0.6 is 11.8 Å². The molecule has 0 unspecified atom stereocenters. The molecular formula is C21H24N2O2S. The molecule has 0 atom stereocenters. The first-order valence-corrected chi connectivity index (χ1v) is 9.93. The second-order valence-corrected chi connectivity index (χ2v) is 7.55. The Kier molecular flexibility index (Phi) is 6.72. The summed E-state index contributed by atoms with van der Waals surface area (Å²) < 4.78 is 0. The van der Waals surface area contributed by atoms with Crippen LogP contribution in [0, 0.1) is 5.92 Å². The van der Waals surface area contributed by atoms with Gasteiger partial charge in [0.25, 0.3) is 5.91 Å². The van der Waals surface area contributed by atoms with E-state index in [-0.39, 0.29) is 17.7 Å². The van der Waals surface area contributed by atoms with Crippen molar-refractivity contribution in [1.29, 1.82) is 0 Å². The second-order valence-electron chi connectivity index (χ2n) is 6.44. The Labute approximate surface area is 158 Å². The minimum Gasteiger partial charge on any atom is -0.354 e. The van der Waals surface area contributed by atoms with Gasteiger partial charge in [-0.2, -0.15) is 0 Å². The molecule has 1 aliphatic rings. The van der Waals surface area contributed by atoms with Crippen molar-refractivity contribution in [2.45, 2.75) is 35.5 Å². The summed E-state index contributed by atoms with van der Waals surface area (Å²) in [4.78, 5) is 26.5. The molecule has 136 valence electrons. The topological polar surface area (TPSA) is 58.2 Å². The van der Waals surface area contributed by atoms with Gasteiger partial charge in [0.15, 0.2) is 0 Å². The van der Waals surface area contributed by atoms with Crippen LogP contribution in [0.2, 0.25) is 0 Å². The zero-order valence-corrected chi connectivity index (χ0v) is 15.6. The van der Waals surface area contributed by atoms with Crippen molar-refractivity contribution >= 4 is 23.6 Å². The van der Waals surface area contributed by atoms with Gasteiger partial charge in [-0.1, -0.05) is 54.9 Å². The molecule has 2 N–H and O–H groups in total. The van der Waals surface area contributed by atoms with Crippen molar-refractivity contribution < 1.29 is 9.59 Å². The highest BCUT2D eigenvalue weighted by Crippen LogP contribution is 2.30. The number of benzene rings is 2. The maximum Gasteiger partial charge on any atom is 0.252 e. The monoisotopic (exact) mass is 368 g/mol. The van der Waals surface area contributed by atoms with Crippen LogP contribution in [-0.2, 0) is 4.79 Å². The third-order valence-electron chi connectivity index (χ3n) is 4.54. The van der Waals surface area contributed by atoms with Crippen molar-refractivity contribution in [3.63, 3.8) is 0 Å². The summed E-state index contributed by atoms with van der Waals surface area (Å²) in [5.74, 6) is 0.171. The van der Waals surface area contributed by atoms with Crippen molar-refractivity contribution in [3.8, 4) is 0 Å². The van der Waals surface area contributed by atoms with Gasteiger partial charge in [0, 0.05) is 28.8 Å². The van der Waals surface area contributed by atoms with E-state index in [4.69, 9.17) is 0 Å². The van der Waals surface area contributed by atoms with Gasteiger partial charge in [-0.05, 0) is 37.1 Å². The van der Waals surface area contributed by atoms with E-state index in [1.165, 1.54) is 0 Å². The number of carbonyl (C=O) groups is 2. The smallest absolute Gasteiger partial charge is 0.252 e. The predicted octanol–water partition coefficient (Wildman–Crippen LogP) is 3.87. The van der Waals surface area contributed by atoms with Crippen LogP contribution < -0.4 is 10.6 Å². The summed E-state index contributed by atoms with van der Waals surface area (Å²) in [7, 11) is 0. The second kappa shape index (κ2) is 9.43. The molecule has 0 aromatic heterocycles. The lowest BCUT2D eigenvalue weighted by Crippen LogP contribution is -2.37. The van der Waals surface area contributed by atoms with Gasteiger partial charge in [-0.25, -0.2) is 0 Å². The van der Waals surface area contributed by atoms with Crippen LogP contribution in [0.15, 0.2) is 64.4 Å². The lowest BCUT2D eigenvalue weighted by molar-refractivity contribution is -0.124. The number of nitrogens with one attached hydrogen (secondary N) is 2. The Bertz CT molecular complexity index is 743. The van der Waals surface area contributed by atoms with E-state index in [9.17, 15) is 9.59 Å². The van der Waals surface area contributed by atoms with Crippen LogP contribution in [0.3, 0.4) is 0 Å². The third-order valence-corrected chi connectivity index (χ3v) is 5.62. The molecule has 3 rings (SSSR count). The molecule has 0 radical (unpaired) electrons. The summed E-state index contributed by atoms with van der Waals surface area (Å²) in [6.07, 6.45) is 4.26. The zero-order valence-electron chi connectivity index (χ0n) is 14.7. The number of hydrogen-bond acceptors (Lipinski definition) is 3. The molecule has 1 fully saturated rings. The van der Waals surface area contributed by atoms with Crippen molar-refractivity contribution in [1.82, 2.24) is 10.6 Å². The predicted molar refractivity (Wildman–Crippen MR) is 104 cm³/mol. The van der Waals surface area contributed by atoms with E-state index in [0.717, 1.165) is 35.5 Å². The van der Waals surface area contributed by atoms with Gasteiger partial charge >= 0.3 is 0 Å². The van der Waals surface area contributed by atoms with Gasteiger partial charge in [-0.15, -0.1) is 0 Å². The summed E-state index contributed by atoms with van der Waals surface area (Å²) in [6, 6.07) is 17.6. The molecule has 5 heteroatoms. The SMILES string of the molecule is O=C(NCCNC(=O)C1CCCC1)c1ccccc1Sc1ccccc1. The molecule has 0 heterocycles. The first-order valence-electron chi connectivity index (χ1n) is 9.12. The maximum atomic E-state index is 12.5. The van der Waals surface area contributed by atoms with Gasteiger partial charge in [0.1, 0.15) is 0 Å². The molecule has 0 aliphatic heterocycles. The van der Waals surface area contributed by atoms with E-state index in [1.807, 2.05) is 54.6 Å². The van der Waals surface area contributed by atoms with Crippen molar-refractivity contribution in [3.05, 3.63) is 60.2 Å². The van der Waals surface area contributed by atoms with Crippen LogP contribution in [0.4, 0.5) is 0 Å². The first-order chi connectivity index (χ1) is 12.7. The average Bonchev–Trinajstić information content (AvgIpc) is 3.21. The Balaban J connectivity index is 1.50. The third kappa shape index (κ3) is 5.11. The van der Waals surface area contributed by atoms with Crippen LogP contribution in [-0.4, -0.2) is 24.9 Å². The number of amides is 2. The highest BCUT2D eigenvalue weighted by atomic mass is 32.2. The molecule has 1 aliphatic carbocycles.